The van der Waals surface area contributed by atoms with Gasteiger partial charge in [-0.3, -0.25) is 4.79 Å². The van der Waals surface area contributed by atoms with Gasteiger partial charge in [0.15, 0.2) is 0 Å². The first-order valence-corrected chi connectivity index (χ1v) is 8.04. The molecule has 0 unspecified atom stereocenters. The highest BCUT2D eigenvalue weighted by molar-refractivity contribution is 6.31. The van der Waals surface area contributed by atoms with Gasteiger partial charge in [-0.2, -0.15) is 0 Å². The molecule has 1 amide bonds. The Hall–Kier alpha value is -2.00. The summed E-state index contributed by atoms with van der Waals surface area (Å²) in [5.41, 5.74) is 4.04. The molecule has 2 rings (SSSR count). The van der Waals surface area contributed by atoms with Gasteiger partial charge in [-0.25, -0.2) is 0 Å². The minimum atomic E-state index is -0.102. The molecule has 2 N–H and O–H groups in total. The average molecular weight is 331 g/mol. The molecule has 2 aromatic rings. The van der Waals surface area contributed by atoms with Crippen molar-refractivity contribution in [3.63, 3.8) is 0 Å². The lowest BCUT2D eigenvalue weighted by molar-refractivity contribution is -0.114. The van der Waals surface area contributed by atoms with Crippen molar-refractivity contribution in [2.45, 2.75) is 33.1 Å². The summed E-state index contributed by atoms with van der Waals surface area (Å²) in [7, 11) is 0. The van der Waals surface area contributed by atoms with Gasteiger partial charge in [0.1, 0.15) is 0 Å². The smallest absolute Gasteiger partial charge is 0.243 e. The minimum absolute atomic E-state index is 0.102. The number of hydrogen-bond acceptors (Lipinski definition) is 2. The number of halogens is 1. The van der Waals surface area contributed by atoms with Crippen LogP contribution in [0, 0.1) is 6.92 Å². The summed E-state index contributed by atoms with van der Waals surface area (Å²) in [4.78, 5) is 12.1. The van der Waals surface area contributed by atoms with Gasteiger partial charge in [0, 0.05) is 16.4 Å². The molecule has 0 saturated heterocycles. The summed E-state index contributed by atoms with van der Waals surface area (Å²) in [6, 6.07) is 13.6. The Morgan fingerprint density at radius 3 is 2.35 bits per heavy atom. The normalized spacial score (nSPS) is 11.2. The monoisotopic (exact) mass is 330 g/mol. The largest absolute Gasteiger partial charge is 0.376 e. The first-order valence-electron chi connectivity index (χ1n) is 7.66. The number of carbonyl (C=O) groups is 1. The van der Waals surface area contributed by atoms with E-state index in [2.05, 4.69) is 43.5 Å². The van der Waals surface area contributed by atoms with Crippen LogP contribution in [0.4, 0.5) is 11.4 Å². The van der Waals surface area contributed by atoms with Crippen LogP contribution >= 0.6 is 11.6 Å². The van der Waals surface area contributed by atoms with E-state index in [4.69, 9.17) is 11.6 Å². The highest BCUT2D eigenvalue weighted by Gasteiger charge is 2.13. The quantitative estimate of drug-likeness (QED) is 0.828. The molecule has 2 aromatic carbocycles. The maximum atomic E-state index is 12.1. The van der Waals surface area contributed by atoms with Crippen LogP contribution in [0.15, 0.2) is 42.5 Å². The van der Waals surface area contributed by atoms with Crippen molar-refractivity contribution in [3.05, 3.63) is 58.6 Å². The number of benzene rings is 2. The molecule has 0 fully saturated rings. The van der Waals surface area contributed by atoms with Gasteiger partial charge in [0.25, 0.3) is 0 Å². The summed E-state index contributed by atoms with van der Waals surface area (Å²) in [5, 5.41) is 6.61. The van der Waals surface area contributed by atoms with E-state index in [-0.39, 0.29) is 17.9 Å². The van der Waals surface area contributed by atoms with Gasteiger partial charge >= 0.3 is 0 Å². The van der Waals surface area contributed by atoms with Crippen molar-refractivity contribution >= 4 is 28.9 Å². The molecule has 0 aliphatic heterocycles. The molecule has 4 heteroatoms. The topological polar surface area (TPSA) is 41.1 Å². The zero-order valence-corrected chi connectivity index (χ0v) is 14.8. The van der Waals surface area contributed by atoms with Crippen molar-refractivity contribution in [1.82, 2.24) is 0 Å². The maximum absolute atomic E-state index is 12.1. The standard InChI is InChI=1S/C19H23ClN2O/c1-13-5-8-15(20)11-17(13)22-18(23)12-21-16-9-6-14(7-10-16)19(2,3)4/h5-11,21H,12H2,1-4H3,(H,22,23). The van der Waals surface area contributed by atoms with E-state index >= 15 is 0 Å². The molecule has 0 spiro atoms. The van der Waals surface area contributed by atoms with Crippen LogP contribution in [-0.2, 0) is 10.2 Å². The van der Waals surface area contributed by atoms with E-state index < -0.39 is 0 Å². The number of anilines is 2. The Morgan fingerprint density at radius 1 is 1.09 bits per heavy atom. The predicted molar refractivity (Wildman–Crippen MR) is 98.5 cm³/mol. The summed E-state index contributed by atoms with van der Waals surface area (Å²) in [5.74, 6) is -0.102. The van der Waals surface area contributed by atoms with Crippen molar-refractivity contribution in [3.8, 4) is 0 Å². The van der Waals surface area contributed by atoms with Crippen LogP contribution in [0.2, 0.25) is 5.02 Å². The van der Waals surface area contributed by atoms with E-state index in [0.29, 0.717) is 5.02 Å². The lowest BCUT2D eigenvalue weighted by atomic mass is 9.87. The number of hydrogen-bond donors (Lipinski definition) is 2. The molecule has 0 aromatic heterocycles. The highest BCUT2D eigenvalue weighted by atomic mass is 35.5. The molecule has 0 aliphatic carbocycles. The Balaban J connectivity index is 1.93. The fourth-order valence-corrected chi connectivity index (χ4v) is 2.37. The van der Waals surface area contributed by atoms with Crippen LogP contribution in [-0.4, -0.2) is 12.5 Å². The molecule has 122 valence electrons. The number of carbonyl (C=O) groups excluding carboxylic acids is 1. The van der Waals surface area contributed by atoms with Gasteiger partial charge in [0.2, 0.25) is 5.91 Å². The van der Waals surface area contributed by atoms with Crippen molar-refractivity contribution in [2.75, 3.05) is 17.2 Å². The number of aryl methyl sites for hydroxylation is 1. The second-order valence-electron chi connectivity index (χ2n) is 6.69. The Morgan fingerprint density at radius 2 is 1.74 bits per heavy atom. The Labute approximate surface area is 143 Å². The van der Waals surface area contributed by atoms with E-state index in [0.717, 1.165) is 16.9 Å². The lowest BCUT2D eigenvalue weighted by Gasteiger charge is -2.19. The van der Waals surface area contributed by atoms with E-state index in [1.807, 2.05) is 31.2 Å². The van der Waals surface area contributed by atoms with Gasteiger partial charge in [-0.15, -0.1) is 0 Å². The molecule has 0 heterocycles. The number of amides is 1. The van der Waals surface area contributed by atoms with Gasteiger partial charge in [-0.05, 0) is 47.7 Å². The predicted octanol–water partition coefficient (Wildman–Crippen LogP) is 5.00. The van der Waals surface area contributed by atoms with Gasteiger partial charge in [-0.1, -0.05) is 50.6 Å². The summed E-state index contributed by atoms with van der Waals surface area (Å²) in [6.45, 7) is 8.67. The van der Waals surface area contributed by atoms with Crippen LogP contribution < -0.4 is 10.6 Å². The van der Waals surface area contributed by atoms with E-state index in [1.165, 1.54) is 5.56 Å². The molecule has 0 saturated carbocycles. The molecule has 0 atom stereocenters. The molecular weight excluding hydrogens is 308 g/mol. The van der Waals surface area contributed by atoms with Crippen LogP contribution in [0.1, 0.15) is 31.9 Å². The first kappa shape index (κ1) is 17.4. The fourth-order valence-electron chi connectivity index (χ4n) is 2.19. The second kappa shape index (κ2) is 7.05. The molecule has 0 radical (unpaired) electrons. The zero-order chi connectivity index (χ0) is 17.0. The van der Waals surface area contributed by atoms with Gasteiger partial charge < -0.3 is 10.6 Å². The van der Waals surface area contributed by atoms with E-state index in [9.17, 15) is 4.79 Å². The summed E-state index contributed by atoms with van der Waals surface area (Å²) >= 11 is 5.96. The highest BCUT2D eigenvalue weighted by Crippen LogP contribution is 2.23. The zero-order valence-electron chi connectivity index (χ0n) is 14.0. The van der Waals surface area contributed by atoms with Crippen molar-refractivity contribution < 1.29 is 4.79 Å². The minimum Gasteiger partial charge on any atom is -0.376 e. The number of nitrogens with one attached hydrogen (secondary N) is 2. The first-order chi connectivity index (χ1) is 10.8. The third kappa shape index (κ3) is 5.00. The van der Waals surface area contributed by atoms with E-state index in [1.54, 1.807) is 6.07 Å². The molecule has 23 heavy (non-hydrogen) atoms. The second-order valence-corrected chi connectivity index (χ2v) is 7.12. The molecule has 0 bridgehead atoms. The fraction of sp³-hybridized carbons (Fsp3) is 0.316. The summed E-state index contributed by atoms with van der Waals surface area (Å²) in [6.07, 6.45) is 0. The number of rotatable bonds is 4. The average Bonchev–Trinajstić information content (AvgIpc) is 2.48. The Kier molecular flexibility index (Phi) is 5.32. The Bertz CT molecular complexity index is 688. The maximum Gasteiger partial charge on any atom is 0.243 e. The molecular formula is C19H23ClN2O. The third-order valence-corrected chi connectivity index (χ3v) is 3.91. The SMILES string of the molecule is Cc1ccc(Cl)cc1NC(=O)CNc1ccc(C(C)(C)C)cc1. The van der Waals surface area contributed by atoms with Crippen molar-refractivity contribution in [1.29, 1.82) is 0 Å². The lowest BCUT2D eigenvalue weighted by Crippen LogP contribution is -2.22. The summed E-state index contributed by atoms with van der Waals surface area (Å²) < 4.78 is 0. The van der Waals surface area contributed by atoms with Gasteiger partial charge in [0.05, 0.1) is 6.54 Å². The van der Waals surface area contributed by atoms with Crippen LogP contribution in [0.5, 0.6) is 0 Å². The molecule has 0 aliphatic rings. The van der Waals surface area contributed by atoms with Crippen LogP contribution in [0.3, 0.4) is 0 Å². The third-order valence-electron chi connectivity index (χ3n) is 3.68. The molecule has 3 nitrogen and oxygen atoms in total. The van der Waals surface area contributed by atoms with Crippen LogP contribution in [0.25, 0.3) is 0 Å². The van der Waals surface area contributed by atoms with Crippen molar-refractivity contribution in [2.24, 2.45) is 0 Å².